The number of hydrogen-bond acceptors (Lipinski definition) is 5. The van der Waals surface area contributed by atoms with Crippen LogP contribution in [0.3, 0.4) is 0 Å². The fraction of sp³-hybridized carbons (Fsp3) is 0.789. The number of ether oxygens (including phenoxy) is 1. The molecule has 1 unspecified atom stereocenters. The summed E-state index contributed by atoms with van der Waals surface area (Å²) in [6.45, 7) is 7.83. The SMILES string of the molecule is CCNC(=O)C1(C(=O)NC(CCCCNC(=O)OC(C)(C)C)C(=O)O)CCC1. The number of carboxylic acids is 1. The molecule has 4 N–H and O–H groups in total. The van der Waals surface area contributed by atoms with Crippen LogP contribution >= 0.6 is 0 Å². The quantitative estimate of drug-likeness (QED) is 0.325. The van der Waals surface area contributed by atoms with Gasteiger partial charge in [-0.05, 0) is 59.8 Å². The molecule has 1 rings (SSSR count). The lowest BCUT2D eigenvalue weighted by Gasteiger charge is -2.39. The summed E-state index contributed by atoms with van der Waals surface area (Å²) in [5.74, 6) is -2.01. The highest BCUT2D eigenvalue weighted by Gasteiger charge is 2.51. The van der Waals surface area contributed by atoms with E-state index in [1.807, 2.05) is 0 Å². The Balaban J connectivity index is 2.45. The number of amides is 3. The Labute approximate surface area is 166 Å². The topological polar surface area (TPSA) is 134 Å². The van der Waals surface area contributed by atoms with Crippen LogP contribution in [0.15, 0.2) is 0 Å². The Bertz CT molecular complexity index is 581. The van der Waals surface area contributed by atoms with E-state index in [9.17, 15) is 24.3 Å². The van der Waals surface area contributed by atoms with Crippen LogP contribution in [0.5, 0.6) is 0 Å². The predicted octanol–water partition coefficient (Wildman–Crippen LogP) is 1.56. The average Bonchev–Trinajstić information content (AvgIpc) is 2.50. The Morgan fingerprint density at radius 3 is 2.18 bits per heavy atom. The molecule has 0 heterocycles. The highest BCUT2D eigenvalue weighted by atomic mass is 16.6. The largest absolute Gasteiger partial charge is 0.480 e. The van der Waals surface area contributed by atoms with Crippen LogP contribution in [0.25, 0.3) is 0 Å². The third-order valence-electron chi connectivity index (χ3n) is 4.60. The van der Waals surface area contributed by atoms with Crippen molar-refractivity contribution in [1.82, 2.24) is 16.0 Å². The van der Waals surface area contributed by atoms with Crippen LogP contribution in [0.1, 0.15) is 66.2 Å². The van der Waals surface area contributed by atoms with Crippen LogP contribution in [0.4, 0.5) is 4.79 Å². The van der Waals surface area contributed by atoms with Crippen molar-refractivity contribution in [2.75, 3.05) is 13.1 Å². The molecule has 1 atom stereocenters. The zero-order chi connectivity index (χ0) is 21.4. The number of carbonyl (C=O) groups excluding carboxylic acids is 3. The highest BCUT2D eigenvalue weighted by molar-refractivity contribution is 6.06. The molecule has 3 amide bonds. The number of carboxylic acid groups (broad SMARTS) is 1. The van der Waals surface area contributed by atoms with Crippen LogP contribution in [0, 0.1) is 5.41 Å². The summed E-state index contributed by atoms with van der Waals surface area (Å²) in [7, 11) is 0. The van der Waals surface area contributed by atoms with Gasteiger partial charge < -0.3 is 25.8 Å². The van der Waals surface area contributed by atoms with Gasteiger partial charge in [-0.3, -0.25) is 9.59 Å². The second kappa shape index (κ2) is 10.3. The van der Waals surface area contributed by atoms with E-state index >= 15 is 0 Å². The Kier molecular flexibility index (Phi) is 8.71. The van der Waals surface area contributed by atoms with Crippen LogP contribution in [0.2, 0.25) is 0 Å². The van der Waals surface area contributed by atoms with Crippen molar-refractivity contribution in [1.29, 1.82) is 0 Å². The molecule has 28 heavy (non-hydrogen) atoms. The van der Waals surface area contributed by atoms with E-state index in [4.69, 9.17) is 4.74 Å². The van der Waals surface area contributed by atoms with E-state index in [-0.39, 0.29) is 12.3 Å². The zero-order valence-electron chi connectivity index (χ0n) is 17.2. The number of carbonyl (C=O) groups is 4. The normalized spacial score (nSPS) is 16.3. The maximum atomic E-state index is 12.6. The lowest BCUT2D eigenvalue weighted by molar-refractivity contribution is -0.153. The molecule has 0 aliphatic heterocycles. The molecule has 0 spiro atoms. The first-order chi connectivity index (χ1) is 13.0. The highest BCUT2D eigenvalue weighted by Crippen LogP contribution is 2.41. The third-order valence-corrected chi connectivity index (χ3v) is 4.60. The van der Waals surface area contributed by atoms with Gasteiger partial charge in [0.2, 0.25) is 11.8 Å². The van der Waals surface area contributed by atoms with E-state index < -0.39 is 35.0 Å². The minimum Gasteiger partial charge on any atom is -0.480 e. The van der Waals surface area contributed by atoms with Crippen molar-refractivity contribution >= 4 is 23.9 Å². The molecular formula is C19H33N3O6. The van der Waals surface area contributed by atoms with Gasteiger partial charge in [0.1, 0.15) is 17.1 Å². The Morgan fingerprint density at radius 2 is 1.71 bits per heavy atom. The molecule has 160 valence electrons. The number of hydrogen-bond donors (Lipinski definition) is 4. The predicted molar refractivity (Wildman–Crippen MR) is 103 cm³/mol. The number of alkyl carbamates (subject to hydrolysis) is 1. The first-order valence-corrected chi connectivity index (χ1v) is 9.81. The van der Waals surface area contributed by atoms with Crippen LogP contribution in [-0.2, 0) is 19.1 Å². The summed E-state index contributed by atoms with van der Waals surface area (Å²) in [6, 6.07) is -1.07. The van der Waals surface area contributed by atoms with Gasteiger partial charge in [-0.15, -0.1) is 0 Å². The van der Waals surface area contributed by atoms with Crippen molar-refractivity contribution in [3.8, 4) is 0 Å². The minimum atomic E-state index is -1.15. The lowest BCUT2D eigenvalue weighted by Crippen LogP contribution is -2.58. The molecule has 1 saturated carbocycles. The second-order valence-corrected chi connectivity index (χ2v) is 8.08. The summed E-state index contributed by atoms with van der Waals surface area (Å²) in [6.07, 6.45) is 2.33. The maximum Gasteiger partial charge on any atom is 0.407 e. The van der Waals surface area contributed by atoms with Crippen molar-refractivity contribution < 1.29 is 29.0 Å². The van der Waals surface area contributed by atoms with Gasteiger partial charge in [0.25, 0.3) is 0 Å². The van der Waals surface area contributed by atoms with Crippen molar-refractivity contribution in [3.05, 3.63) is 0 Å². The van der Waals surface area contributed by atoms with Gasteiger partial charge in [0.15, 0.2) is 0 Å². The van der Waals surface area contributed by atoms with Crippen molar-refractivity contribution in [2.45, 2.75) is 77.9 Å². The smallest absolute Gasteiger partial charge is 0.407 e. The maximum absolute atomic E-state index is 12.6. The van der Waals surface area contributed by atoms with E-state index in [1.54, 1.807) is 27.7 Å². The molecule has 0 bridgehead atoms. The third kappa shape index (κ3) is 7.01. The molecule has 0 aromatic heterocycles. The monoisotopic (exact) mass is 399 g/mol. The van der Waals surface area contributed by atoms with Crippen molar-refractivity contribution in [2.24, 2.45) is 5.41 Å². The summed E-state index contributed by atoms with van der Waals surface area (Å²) >= 11 is 0. The standard InChI is InChI=1S/C19H33N3O6/c1-5-20-15(25)19(10-8-11-19)16(26)22-13(14(23)24)9-6-7-12-21-17(27)28-18(2,3)4/h13H,5-12H2,1-4H3,(H,20,25)(H,21,27)(H,22,26)(H,23,24). The summed E-state index contributed by atoms with van der Waals surface area (Å²) in [4.78, 5) is 47.9. The summed E-state index contributed by atoms with van der Waals surface area (Å²) < 4.78 is 5.12. The summed E-state index contributed by atoms with van der Waals surface area (Å²) in [5, 5.41) is 17.2. The molecule has 1 fully saturated rings. The molecule has 9 heteroatoms. The molecular weight excluding hydrogens is 366 g/mol. The fourth-order valence-electron chi connectivity index (χ4n) is 2.95. The second-order valence-electron chi connectivity index (χ2n) is 8.08. The van der Waals surface area contributed by atoms with E-state index in [1.165, 1.54) is 0 Å². The zero-order valence-corrected chi connectivity index (χ0v) is 17.2. The fourth-order valence-corrected chi connectivity index (χ4v) is 2.95. The van der Waals surface area contributed by atoms with Crippen LogP contribution in [-0.4, -0.2) is 53.7 Å². The number of nitrogens with one attached hydrogen (secondary N) is 3. The number of rotatable bonds is 10. The molecule has 1 aliphatic rings. The summed E-state index contributed by atoms with van der Waals surface area (Å²) in [5.41, 5.74) is -1.73. The van der Waals surface area contributed by atoms with Gasteiger partial charge in [-0.25, -0.2) is 9.59 Å². The lowest BCUT2D eigenvalue weighted by atomic mass is 9.67. The number of unbranched alkanes of at least 4 members (excludes halogenated alkanes) is 1. The van der Waals surface area contributed by atoms with Gasteiger partial charge in [-0.2, -0.15) is 0 Å². The van der Waals surface area contributed by atoms with E-state index in [0.29, 0.717) is 38.8 Å². The molecule has 9 nitrogen and oxygen atoms in total. The first kappa shape index (κ1) is 23.7. The van der Waals surface area contributed by atoms with Crippen molar-refractivity contribution in [3.63, 3.8) is 0 Å². The first-order valence-electron chi connectivity index (χ1n) is 9.81. The molecule has 0 saturated heterocycles. The Hall–Kier alpha value is -2.32. The van der Waals surface area contributed by atoms with Gasteiger partial charge in [0.05, 0.1) is 0 Å². The van der Waals surface area contributed by atoms with E-state index in [2.05, 4.69) is 16.0 Å². The van der Waals surface area contributed by atoms with Crippen LogP contribution < -0.4 is 16.0 Å². The molecule has 1 aliphatic carbocycles. The number of aliphatic carboxylic acids is 1. The molecule has 0 radical (unpaired) electrons. The minimum absolute atomic E-state index is 0.211. The van der Waals surface area contributed by atoms with Gasteiger partial charge in [-0.1, -0.05) is 6.42 Å². The molecule has 0 aromatic rings. The van der Waals surface area contributed by atoms with Gasteiger partial charge >= 0.3 is 12.1 Å². The Morgan fingerprint density at radius 1 is 1.07 bits per heavy atom. The molecule has 0 aromatic carbocycles. The van der Waals surface area contributed by atoms with E-state index in [0.717, 1.165) is 6.42 Å². The van der Waals surface area contributed by atoms with Gasteiger partial charge in [0, 0.05) is 13.1 Å². The average molecular weight is 399 g/mol.